The van der Waals surface area contributed by atoms with Crippen molar-refractivity contribution in [3.05, 3.63) is 52.1 Å². The van der Waals surface area contributed by atoms with Crippen LogP contribution in [0, 0.1) is 11.3 Å². The maximum atomic E-state index is 10.8. The van der Waals surface area contributed by atoms with Crippen molar-refractivity contribution in [1.29, 1.82) is 5.26 Å². The molecule has 0 aliphatic heterocycles. The second kappa shape index (κ2) is 5.43. The molecular formula is C13H7BrN2O2. The molecule has 0 fully saturated rings. The number of carbonyl (C=O) groups is 1. The summed E-state index contributed by atoms with van der Waals surface area (Å²) in [5.41, 5.74) is 0.966. The van der Waals surface area contributed by atoms with Gasteiger partial charge in [0.25, 0.3) is 0 Å². The third kappa shape index (κ3) is 2.73. The minimum absolute atomic E-state index is 0.369. The van der Waals surface area contributed by atoms with Gasteiger partial charge in [-0.3, -0.25) is 4.79 Å². The lowest BCUT2D eigenvalue weighted by Crippen LogP contribution is -1.90. The highest BCUT2D eigenvalue weighted by atomic mass is 79.9. The van der Waals surface area contributed by atoms with Crippen LogP contribution in [0.25, 0.3) is 0 Å². The van der Waals surface area contributed by atoms with Crippen LogP contribution in [0.15, 0.2) is 41.0 Å². The minimum atomic E-state index is 0.369. The fourth-order valence-corrected chi connectivity index (χ4v) is 1.64. The van der Waals surface area contributed by atoms with E-state index in [1.807, 2.05) is 6.07 Å². The molecule has 0 atom stereocenters. The highest BCUT2D eigenvalue weighted by Crippen LogP contribution is 2.24. The molecule has 0 aliphatic carbocycles. The maximum absolute atomic E-state index is 10.8. The molecule has 0 saturated carbocycles. The number of nitrogens with zero attached hydrogens (tertiary/aromatic N) is 2. The summed E-state index contributed by atoms with van der Waals surface area (Å²) < 4.78 is 6.18. The van der Waals surface area contributed by atoms with Crippen molar-refractivity contribution in [1.82, 2.24) is 4.98 Å². The van der Waals surface area contributed by atoms with Crippen LogP contribution in [0.4, 0.5) is 0 Å². The summed E-state index contributed by atoms with van der Waals surface area (Å²) in [6.45, 7) is 0. The van der Waals surface area contributed by atoms with Crippen LogP contribution in [-0.2, 0) is 0 Å². The Morgan fingerprint density at radius 1 is 1.33 bits per heavy atom. The van der Waals surface area contributed by atoms with Gasteiger partial charge in [0.15, 0.2) is 6.29 Å². The number of nitriles is 1. The summed E-state index contributed by atoms with van der Waals surface area (Å²) in [5, 5.41) is 8.64. The van der Waals surface area contributed by atoms with Gasteiger partial charge in [-0.1, -0.05) is 15.9 Å². The Hall–Kier alpha value is -2.19. The molecule has 0 saturated heterocycles. The Balaban J connectivity index is 2.23. The van der Waals surface area contributed by atoms with Gasteiger partial charge < -0.3 is 4.74 Å². The Kier molecular flexibility index (Phi) is 3.70. The van der Waals surface area contributed by atoms with E-state index in [0.717, 1.165) is 6.29 Å². The lowest BCUT2D eigenvalue weighted by Gasteiger charge is -2.05. The first-order valence-electron chi connectivity index (χ1n) is 5.01. The van der Waals surface area contributed by atoms with Gasteiger partial charge in [0.05, 0.1) is 5.56 Å². The van der Waals surface area contributed by atoms with E-state index in [2.05, 4.69) is 20.9 Å². The van der Waals surface area contributed by atoms with Crippen molar-refractivity contribution in [3.8, 4) is 17.7 Å². The van der Waals surface area contributed by atoms with Crippen molar-refractivity contribution >= 4 is 22.2 Å². The zero-order valence-corrected chi connectivity index (χ0v) is 10.7. The molecule has 0 N–H and O–H groups in total. The first-order valence-corrected chi connectivity index (χ1v) is 5.81. The Bertz CT molecular complexity index is 618. The van der Waals surface area contributed by atoms with Crippen LogP contribution >= 0.6 is 15.9 Å². The van der Waals surface area contributed by atoms with E-state index in [1.54, 1.807) is 30.3 Å². The van der Waals surface area contributed by atoms with E-state index >= 15 is 0 Å². The second-order valence-corrected chi connectivity index (χ2v) is 4.25. The van der Waals surface area contributed by atoms with Gasteiger partial charge in [-0.05, 0) is 24.3 Å². The van der Waals surface area contributed by atoms with Gasteiger partial charge in [0.2, 0.25) is 5.88 Å². The summed E-state index contributed by atoms with van der Waals surface area (Å²) >= 11 is 3.26. The number of aromatic nitrogens is 1. The summed E-state index contributed by atoms with van der Waals surface area (Å²) in [4.78, 5) is 14.8. The van der Waals surface area contributed by atoms with Crippen molar-refractivity contribution in [3.63, 3.8) is 0 Å². The fourth-order valence-electron chi connectivity index (χ4n) is 1.30. The zero-order valence-electron chi connectivity index (χ0n) is 9.13. The molecule has 0 unspecified atom stereocenters. The van der Waals surface area contributed by atoms with Crippen LogP contribution in [0.1, 0.15) is 15.9 Å². The van der Waals surface area contributed by atoms with Crippen LogP contribution in [0.3, 0.4) is 0 Å². The van der Waals surface area contributed by atoms with E-state index in [9.17, 15) is 4.79 Å². The van der Waals surface area contributed by atoms with E-state index < -0.39 is 0 Å². The van der Waals surface area contributed by atoms with Gasteiger partial charge >= 0.3 is 0 Å². The molecule has 0 radical (unpaired) electrons. The van der Waals surface area contributed by atoms with Crippen molar-refractivity contribution in [2.45, 2.75) is 0 Å². The van der Waals surface area contributed by atoms with E-state index in [4.69, 9.17) is 10.00 Å². The maximum Gasteiger partial charge on any atom is 0.219 e. The zero-order chi connectivity index (χ0) is 13.0. The van der Waals surface area contributed by atoms with Crippen molar-refractivity contribution < 1.29 is 9.53 Å². The lowest BCUT2D eigenvalue weighted by atomic mass is 10.2. The average molecular weight is 303 g/mol. The van der Waals surface area contributed by atoms with Crippen LogP contribution in [0.2, 0.25) is 0 Å². The smallest absolute Gasteiger partial charge is 0.219 e. The van der Waals surface area contributed by atoms with Gasteiger partial charge in [0.1, 0.15) is 11.8 Å². The first kappa shape index (κ1) is 12.3. The van der Waals surface area contributed by atoms with Gasteiger partial charge in [-0.25, -0.2) is 4.98 Å². The number of halogens is 1. The molecular weight excluding hydrogens is 296 g/mol. The van der Waals surface area contributed by atoms with Crippen molar-refractivity contribution in [2.75, 3.05) is 0 Å². The predicted molar refractivity (Wildman–Crippen MR) is 68.6 cm³/mol. The number of pyridine rings is 1. The fraction of sp³-hybridized carbons (Fsp3) is 0. The molecule has 0 bridgehead atoms. The molecule has 18 heavy (non-hydrogen) atoms. The number of hydrogen-bond donors (Lipinski definition) is 0. The highest BCUT2D eigenvalue weighted by Gasteiger charge is 2.03. The predicted octanol–water partition coefficient (Wildman–Crippen LogP) is 3.32. The third-order valence-corrected chi connectivity index (χ3v) is 2.90. The SMILES string of the molecule is N#Cc1ccc(Oc2ccc(Br)c(C=O)c2)nc1. The monoisotopic (exact) mass is 302 g/mol. The lowest BCUT2D eigenvalue weighted by molar-refractivity contribution is 0.112. The first-order chi connectivity index (χ1) is 8.72. The van der Waals surface area contributed by atoms with Crippen LogP contribution in [-0.4, -0.2) is 11.3 Å². The quantitative estimate of drug-likeness (QED) is 0.816. The molecule has 88 valence electrons. The van der Waals surface area contributed by atoms with E-state index in [1.165, 1.54) is 6.20 Å². The van der Waals surface area contributed by atoms with Crippen molar-refractivity contribution in [2.24, 2.45) is 0 Å². The molecule has 4 nitrogen and oxygen atoms in total. The molecule has 0 amide bonds. The Morgan fingerprint density at radius 2 is 2.17 bits per heavy atom. The molecule has 5 heteroatoms. The molecule has 1 aromatic carbocycles. The largest absolute Gasteiger partial charge is 0.439 e. The summed E-state index contributed by atoms with van der Waals surface area (Å²) in [7, 11) is 0. The van der Waals surface area contributed by atoms with Crippen LogP contribution < -0.4 is 4.74 Å². The number of aldehydes is 1. The summed E-state index contributed by atoms with van der Waals surface area (Å²) in [6, 6.07) is 10.2. The van der Waals surface area contributed by atoms with Gasteiger partial charge in [-0.15, -0.1) is 0 Å². The topological polar surface area (TPSA) is 63.0 Å². The molecule has 0 spiro atoms. The highest BCUT2D eigenvalue weighted by molar-refractivity contribution is 9.10. The number of ether oxygens (including phenoxy) is 1. The summed E-state index contributed by atoms with van der Waals surface area (Å²) in [5.74, 6) is 0.880. The molecule has 2 rings (SSSR count). The average Bonchev–Trinajstić information content (AvgIpc) is 2.42. The number of benzene rings is 1. The minimum Gasteiger partial charge on any atom is -0.439 e. The normalized spacial score (nSPS) is 9.56. The van der Waals surface area contributed by atoms with E-state index in [0.29, 0.717) is 27.2 Å². The number of hydrogen-bond acceptors (Lipinski definition) is 4. The van der Waals surface area contributed by atoms with Gasteiger partial charge in [0, 0.05) is 22.3 Å². The molecule has 2 aromatic rings. The molecule has 0 aliphatic rings. The number of rotatable bonds is 3. The molecule has 1 aromatic heterocycles. The van der Waals surface area contributed by atoms with E-state index in [-0.39, 0.29) is 0 Å². The van der Waals surface area contributed by atoms with Crippen LogP contribution in [0.5, 0.6) is 11.6 Å². The third-order valence-electron chi connectivity index (χ3n) is 2.18. The Morgan fingerprint density at radius 3 is 2.78 bits per heavy atom. The Labute approximate surface area is 112 Å². The summed E-state index contributed by atoms with van der Waals surface area (Å²) in [6.07, 6.45) is 2.16. The second-order valence-electron chi connectivity index (χ2n) is 3.40. The number of carbonyl (C=O) groups excluding carboxylic acids is 1. The molecule has 1 heterocycles. The standard InChI is InChI=1S/C13H7BrN2O2/c14-12-3-2-11(5-10(12)8-17)18-13-4-1-9(6-15)7-16-13/h1-5,7-8H. The van der Waals surface area contributed by atoms with Gasteiger partial charge in [-0.2, -0.15) is 5.26 Å².